The number of hydrogen-bond acceptors (Lipinski definition) is 5. The van der Waals surface area contributed by atoms with E-state index in [1.54, 1.807) is 7.05 Å². The first-order valence-electron chi connectivity index (χ1n) is 5.75. The normalized spacial score (nSPS) is 11.3. The standard InChI is InChI=1S/C12H13BrN4O2S/c1-14-12-15-7-11(8-16-12)20(18,19)17-6-9-3-2-4-10(13)5-9/h2-5,7-8,17H,6H2,1H3,(H,14,15,16). The summed E-state index contributed by atoms with van der Waals surface area (Å²) in [5, 5.41) is 2.73. The van der Waals surface area contributed by atoms with Gasteiger partial charge in [-0.15, -0.1) is 0 Å². The third-order valence-corrected chi connectivity index (χ3v) is 4.37. The molecular formula is C12H13BrN4O2S. The van der Waals surface area contributed by atoms with Crippen molar-refractivity contribution in [2.24, 2.45) is 0 Å². The second-order valence-electron chi connectivity index (χ2n) is 3.95. The van der Waals surface area contributed by atoms with E-state index in [2.05, 4.69) is 35.9 Å². The zero-order chi connectivity index (χ0) is 14.6. The molecular weight excluding hydrogens is 344 g/mol. The predicted molar refractivity (Wildman–Crippen MR) is 79.7 cm³/mol. The molecule has 0 aliphatic heterocycles. The maximum Gasteiger partial charge on any atom is 0.243 e. The quantitative estimate of drug-likeness (QED) is 0.852. The van der Waals surface area contributed by atoms with Crippen LogP contribution in [0.5, 0.6) is 0 Å². The van der Waals surface area contributed by atoms with Crippen molar-refractivity contribution in [3.63, 3.8) is 0 Å². The lowest BCUT2D eigenvalue weighted by Gasteiger charge is -2.07. The van der Waals surface area contributed by atoms with Crippen LogP contribution >= 0.6 is 15.9 Å². The highest BCUT2D eigenvalue weighted by atomic mass is 79.9. The fraction of sp³-hybridized carbons (Fsp3) is 0.167. The van der Waals surface area contributed by atoms with E-state index in [-0.39, 0.29) is 11.4 Å². The van der Waals surface area contributed by atoms with Gasteiger partial charge < -0.3 is 5.32 Å². The highest BCUT2D eigenvalue weighted by Gasteiger charge is 2.14. The van der Waals surface area contributed by atoms with Gasteiger partial charge >= 0.3 is 0 Å². The number of rotatable bonds is 5. The first-order valence-corrected chi connectivity index (χ1v) is 8.03. The SMILES string of the molecule is CNc1ncc(S(=O)(=O)NCc2cccc(Br)c2)cn1. The minimum Gasteiger partial charge on any atom is -0.357 e. The topological polar surface area (TPSA) is 84.0 Å². The summed E-state index contributed by atoms with van der Waals surface area (Å²) in [6, 6.07) is 7.41. The Balaban J connectivity index is 2.10. The fourth-order valence-electron chi connectivity index (χ4n) is 1.49. The summed E-state index contributed by atoms with van der Waals surface area (Å²) >= 11 is 3.34. The molecule has 1 heterocycles. The molecule has 8 heteroatoms. The van der Waals surface area contributed by atoms with Gasteiger partial charge in [0.2, 0.25) is 16.0 Å². The smallest absolute Gasteiger partial charge is 0.243 e. The van der Waals surface area contributed by atoms with Crippen LogP contribution in [0.2, 0.25) is 0 Å². The lowest BCUT2D eigenvalue weighted by molar-refractivity contribution is 0.580. The Hall–Kier alpha value is -1.51. The van der Waals surface area contributed by atoms with Crippen LogP contribution in [0.15, 0.2) is 46.0 Å². The van der Waals surface area contributed by atoms with Crippen molar-refractivity contribution >= 4 is 31.9 Å². The maximum atomic E-state index is 12.1. The molecule has 0 aliphatic carbocycles. The van der Waals surface area contributed by atoms with E-state index in [0.29, 0.717) is 5.95 Å². The van der Waals surface area contributed by atoms with E-state index >= 15 is 0 Å². The van der Waals surface area contributed by atoms with Crippen LogP contribution in [0, 0.1) is 0 Å². The summed E-state index contributed by atoms with van der Waals surface area (Å²) in [6.45, 7) is 0.204. The lowest BCUT2D eigenvalue weighted by atomic mass is 10.2. The number of benzene rings is 1. The van der Waals surface area contributed by atoms with Crippen molar-refractivity contribution in [3.05, 3.63) is 46.7 Å². The monoisotopic (exact) mass is 356 g/mol. The van der Waals surface area contributed by atoms with Crippen LogP contribution < -0.4 is 10.0 Å². The van der Waals surface area contributed by atoms with E-state index in [9.17, 15) is 8.42 Å². The first kappa shape index (κ1) is 14.9. The molecule has 0 atom stereocenters. The second-order valence-corrected chi connectivity index (χ2v) is 6.63. The van der Waals surface area contributed by atoms with Crippen LogP contribution in [0.25, 0.3) is 0 Å². The van der Waals surface area contributed by atoms with E-state index < -0.39 is 10.0 Å². The number of aromatic nitrogens is 2. The summed E-state index contributed by atoms with van der Waals surface area (Å²) in [5.74, 6) is 0.371. The third kappa shape index (κ3) is 3.75. The Morgan fingerprint density at radius 2 is 1.95 bits per heavy atom. The van der Waals surface area contributed by atoms with Crippen LogP contribution in [-0.2, 0) is 16.6 Å². The molecule has 1 aromatic carbocycles. The van der Waals surface area contributed by atoms with Crippen LogP contribution in [-0.4, -0.2) is 25.4 Å². The van der Waals surface area contributed by atoms with Gasteiger partial charge in [0, 0.05) is 18.1 Å². The van der Waals surface area contributed by atoms with Gasteiger partial charge in [-0.05, 0) is 17.7 Å². The summed E-state index contributed by atoms with van der Waals surface area (Å²) in [6.07, 6.45) is 2.53. The zero-order valence-electron chi connectivity index (χ0n) is 10.7. The molecule has 0 radical (unpaired) electrons. The Bertz CT molecular complexity index is 689. The highest BCUT2D eigenvalue weighted by molar-refractivity contribution is 9.10. The molecule has 0 unspecified atom stereocenters. The molecule has 0 amide bonds. The number of nitrogens with one attached hydrogen (secondary N) is 2. The van der Waals surface area contributed by atoms with E-state index in [4.69, 9.17) is 0 Å². The van der Waals surface area contributed by atoms with Gasteiger partial charge in [0.15, 0.2) is 0 Å². The Morgan fingerprint density at radius 3 is 2.55 bits per heavy atom. The summed E-state index contributed by atoms with van der Waals surface area (Å²) < 4.78 is 27.5. The number of nitrogens with zero attached hydrogens (tertiary/aromatic N) is 2. The Kier molecular flexibility index (Phi) is 4.69. The van der Waals surface area contributed by atoms with Crippen molar-refractivity contribution in [1.29, 1.82) is 0 Å². The van der Waals surface area contributed by atoms with Gasteiger partial charge in [-0.2, -0.15) is 0 Å². The largest absolute Gasteiger partial charge is 0.357 e. The van der Waals surface area contributed by atoms with Crippen molar-refractivity contribution in [2.75, 3.05) is 12.4 Å². The molecule has 0 spiro atoms. The second kappa shape index (κ2) is 6.29. The molecule has 0 bridgehead atoms. The van der Waals surface area contributed by atoms with Crippen molar-refractivity contribution in [1.82, 2.24) is 14.7 Å². The molecule has 1 aromatic heterocycles. The van der Waals surface area contributed by atoms with Gasteiger partial charge in [-0.1, -0.05) is 28.1 Å². The zero-order valence-corrected chi connectivity index (χ0v) is 13.1. The van der Waals surface area contributed by atoms with Crippen molar-refractivity contribution in [3.8, 4) is 0 Å². The van der Waals surface area contributed by atoms with Gasteiger partial charge in [-0.25, -0.2) is 23.1 Å². The van der Waals surface area contributed by atoms with E-state index in [1.807, 2.05) is 24.3 Å². The molecule has 0 saturated carbocycles. The molecule has 0 fully saturated rings. The lowest BCUT2D eigenvalue weighted by Crippen LogP contribution is -2.23. The van der Waals surface area contributed by atoms with E-state index in [1.165, 1.54) is 12.4 Å². The summed E-state index contributed by atoms with van der Waals surface area (Å²) in [5.41, 5.74) is 0.857. The van der Waals surface area contributed by atoms with Gasteiger partial charge in [0.1, 0.15) is 4.90 Å². The van der Waals surface area contributed by atoms with Gasteiger partial charge in [0.05, 0.1) is 12.4 Å². The average molecular weight is 357 g/mol. The summed E-state index contributed by atoms with van der Waals surface area (Å²) in [4.78, 5) is 7.80. The first-order chi connectivity index (χ1) is 9.51. The third-order valence-electron chi connectivity index (χ3n) is 2.52. The molecule has 2 N–H and O–H groups in total. The number of hydrogen-bond donors (Lipinski definition) is 2. The molecule has 0 aliphatic rings. The number of halogens is 1. The average Bonchev–Trinajstić information content (AvgIpc) is 2.45. The Labute approximate surface area is 125 Å². The van der Waals surface area contributed by atoms with Crippen molar-refractivity contribution in [2.45, 2.75) is 11.4 Å². The Morgan fingerprint density at radius 1 is 1.25 bits per heavy atom. The summed E-state index contributed by atoms with van der Waals surface area (Å²) in [7, 11) is -1.95. The highest BCUT2D eigenvalue weighted by Crippen LogP contribution is 2.13. The van der Waals surface area contributed by atoms with Gasteiger partial charge in [0.25, 0.3) is 0 Å². The maximum absolute atomic E-state index is 12.1. The van der Waals surface area contributed by atoms with E-state index in [0.717, 1.165) is 10.0 Å². The molecule has 2 aromatic rings. The minimum absolute atomic E-state index is 0.0338. The fourth-order valence-corrected chi connectivity index (χ4v) is 2.85. The number of sulfonamides is 1. The molecule has 20 heavy (non-hydrogen) atoms. The molecule has 6 nitrogen and oxygen atoms in total. The van der Waals surface area contributed by atoms with Crippen LogP contribution in [0.1, 0.15) is 5.56 Å². The van der Waals surface area contributed by atoms with Crippen molar-refractivity contribution < 1.29 is 8.42 Å². The molecule has 106 valence electrons. The molecule has 2 rings (SSSR count). The predicted octanol–water partition coefficient (Wildman–Crippen LogP) is 1.76. The number of anilines is 1. The van der Waals surface area contributed by atoms with Gasteiger partial charge in [-0.3, -0.25) is 0 Å². The molecule has 0 saturated heterocycles. The van der Waals surface area contributed by atoms with Crippen LogP contribution in [0.4, 0.5) is 5.95 Å². The van der Waals surface area contributed by atoms with Crippen LogP contribution in [0.3, 0.4) is 0 Å². The minimum atomic E-state index is -3.61.